The van der Waals surface area contributed by atoms with Crippen molar-refractivity contribution >= 4 is 11.6 Å². The van der Waals surface area contributed by atoms with E-state index in [2.05, 4.69) is 0 Å². The molecule has 1 fully saturated rings. The lowest BCUT2D eigenvalue weighted by Crippen LogP contribution is -2.31. The third-order valence-corrected chi connectivity index (χ3v) is 4.83. The summed E-state index contributed by atoms with van der Waals surface area (Å²) in [5.74, 6) is 1.92. The summed E-state index contributed by atoms with van der Waals surface area (Å²) in [4.78, 5) is 25.4. The van der Waals surface area contributed by atoms with Crippen LogP contribution in [0.3, 0.4) is 0 Å². The van der Waals surface area contributed by atoms with Crippen LogP contribution in [0.5, 0.6) is 11.5 Å². The van der Waals surface area contributed by atoms with E-state index >= 15 is 0 Å². The molecule has 0 bridgehead atoms. The Labute approximate surface area is 155 Å². The Bertz CT molecular complexity index is 765. The maximum absolute atomic E-state index is 12.7. The number of Topliss-reactive ketones (excluding diaryl/α,β-unsaturated/α-hetero) is 2. The van der Waals surface area contributed by atoms with Gasteiger partial charge in [-0.2, -0.15) is 0 Å². The zero-order valence-electron chi connectivity index (χ0n) is 15.7. The molecular weight excluding hydrogens is 324 g/mol. The van der Waals surface area contributed by atoms with Crippen molar-refractivity contribution in [3.63, 3.8) is 0 Å². The highest BCUT2D eigenvalue weighted by atomic mass is 16.5. The Balaban J connectivity index is 1.66. The third-order valence-electron chi connectivity index (χ3n) is 4.83. The molecule has 1 aliphatic rings. The number of para-hydroxylation sites is 1. The summed E-state index contributed by atoms with van der Waals surface area (Å²) in [7, 11) is 0. The number of ether oxygens (including phenoxy) is 1. The normalized spacial score (nSPS) is 15.3. The largest absolute Gasteiger partial charge is 0.457 e. The molecule has 0 saturated heterocycles. The van der Waals surface area contributed by atoms with Crippen LogP contribution < -0.4 is 4.74 Å². The second-order valence-corrected chi connectivity index (χ2v) is 8.12. The van der Waals surface area contributed by atoms with E-state index < -0.39 is 5.41 Å². The van der Waals surface area contributed by atoms with Crippen molar-refractivity contribution in [3.05, 3.63) is 60.2 Å². The molecule has 1 aliphatic carbocycles. The Kier molecular flexibility index (Phi) is 5.26. The number of hydrogen-bond donors (Lipinski definition) is 0. The minimum Gasteiger partial charge on any atom is -0.457 e. The molecule has 2 aromatic rings. The predicted molar refractivity (Wildman–Crippen MR) is 103 cm³/mol. The van der Waals surface area contributed by atoms with Gasteiger partial charge < -0.3 is 4.74 Å². The van der Waals surface area contributed by atoms with E-state index in [-0.39, 0.29) is 17.5 Å². The first kappa shape index (κ1) is 18.4. The number of benzene rings is 2. The Morgan fingerprint density at radius 1 is 0.962 bits per heavy atom. The number of ketones is 2. The number of hydrogen-bond acceptors (Lipinski definition) is 3. The zero-order valence-corrected chi connectivity index (χ0v) is 15.7. The minimum absolute atomic E-state index is 0.0331. The summed E-state index contributed by atoms with van der Waals surface area (Å²) >= 11 is 0. The fourth-order valence-corrected chi connectivity index (χ4v) is 3.18. The Morgan fingerprint density at radius 3 is 2.08 bits per heavy atom. The molecule has 26 heavy (non-hydrogen) atoms. The molecule has 0 amide bonds. The van der Waals surface area contributed by atoms with Crippen LogP contribution >= 0.6 is 0 Å². The van der Waals surface area contributed by atoms with Gasteiger partial charge in [0.25, 0.3) is 0 Å². The van der Waals surface area contributed by atoms with Crippen LogP contribution in [0.2, 0.25) is 0 Å². The average Bonchev–Trinajstić information content (AvgIpc) is 3.44. The van der Waals surface area contributed by atoms with E-state index in [1.54, 1.807) is 24.3 Å². The van der Waals surface area contributed by atoms with E-state index in [9.17, 15) is 9.59 Å². The molecule has 0 aromatic heterocycles. The molecule has 0 N–H and O–H groups in total. The molecule has 3 nitrogen and oxygen atoms in total. The smallest absolute Gasteiger partial charge is 0.163 e. The van der Waals surface area contributed by atoms with Crippen molar-refractivity contribution < 1.29 is 14.3 Å². The van der Waals surface area contributed by atoms with Gasteiger partial charge in [0.2, 0.25) is 0 Å². The fraction of sp³-hybridized carbons (Fsp3) is 0.391. The highest BCUT2D eigenvalue weighted by Gasteiger charge is 2.41. The SMILES string of the molecule is CC(C)(C)C(=O)[C@@H](CC(=O)c1ccc(Oc2ccccc2)cc1)C1CC1. The van der Waals surface area contributed by atoms with Gasteiger partial charge >= 0.3 is 0 Å². The number of carbonyl (C=O) groups is 2. The Morgan fingerprint density at radius 2 is 1.54 bits per heavy atom. The maximum Gasteiger partial charge on any atom is 0.163 e. The monoisotopic (exact) mass is 350 g/mol. The lowest BCUT2D eigenvalue weighted by Gasteiger charge is -2.24. The quantitative estimate of drug-likeness (QED) is 0.602. The molecule has 1 saturated carbocycles. The van der Waals surface area contributed by atoms with Crippen molar-refractivity contribution in [1.29, 1.82) is 0 Å². The van der Waals surface area contributed by atoms with Crippen LogP contribution in [0.25, 0.3) is 0 Å². The highest BCUT2D eigenvalue weighted by molar-refractivity contribution is 5.99. The fourth-order valence-electron chi connectivity index (χ4n) is 3.18. The standard InChI is InChI=1S/C23H26O3/c1-23(2,3)22(25)20(16-9-10-16)15-21(24)17-11-13-19(14-12-17)26-18-7-5-4-6-8-18/h4-8,11-14,16,20H,9-10,15H2,1-3H3/t20-/m0/s1. The summed E-state index contributed by atoms with van der Waals surface area (Å²) in [5, 5.41) is 0. The van der Waals surface area contributed by atoms with E-state index in [0.29, 0.717) is 23.7 Å². The number of carbonyl (C=O) groups excluding carboxylic acids is 2. The van der Waals surface area contributed by atoms with Crippen molar-refractivity contribution in [2.75, 3.05) is 0 Å². The second kappa shape index (κ2) is 7.45. The summed E-state index contributed by atoms with van der Waals surface area (Å²) in [6.07, 6.45) is 2.42. The molecule has 0 spiro atoms. The van der Waals surface area contributed by atoms with E-state index in [1.165, 1.54) is 0 Å². The first-order valence-electron chi connectivity index (χ1n) is 9.25. The molecule has 0 radical (unpaired) electrons. The Hall–Kier alpha value is -2.42. The lowest BCUT2D eigenvalue weighted by molar-refractivity contribution is -0.131. The molecule has 0 aliphatic heterocycles. The topological polar surface area (TPSA) is 43.4 Å². The van der Waals surface area contributed by atoms with Crippen LogP contribution in [0.4, 0.5) is 0 Å². The molecular formula is C23H26O3. The van der Waals surface area contributed by atoms with Crippen LogP contribution in [0.15, 0.2) is 54.6 Å². The summed E-state index contributed by atoms with van der Waals surface area (Å²) in [5.41, 5.74) is 0.235. The highest BCUT2D eigenvalue weighted by Crippen LogP contribution is 2.42. The molecule has 1 atom stereocenters. The zero-order chi connectivity index (χ0) is 18.7. The van der Waals surface area contributed by atoms with Crippen LogP contribution in [0.1, 0.15) is 50.4 Å². The van der Waals surface area contributed by atoms with Crippen molar-refractivity contribution in [3.8, 4) is 11.5 Å². The van der Waals surface area contributed by atoms with E-state index in [0.717, 1.165) is 18.6 Å². The summed E-state index contributed by atoms with van der Waals surface area (Å²) in [6, 6.07) is 16.7. The predicted octanol–water partition coefficient (Wildman–Crippen LogP) is 5.69. The van der Waals surface area contributed by atoms with Gasteiger partial charge in [0.15, 0.2) is 5.78 Å². The summed E-state index contributed by atoms with van der Waals surface area (Å²) < 4.78 is 5.76. The number of rotatable bonds is 7. The molecule has 3 rings (SSSR count). The van der Waals surface area contributed by atoms with Gasteiger partial charge in [-0.25, -0.2) is 0 Å². The molecule has 0 heterocycles. The van der Waals surface area contributed by atoms with Gasteiger partial charge in [-0.3, -0.25) is 9.59 Å². The van der Waals surface area contributed by atoms with Gasteiger partial charge in [0.1, 0.15) is 17.3 Å². The first-order valence-corrected chi connectivity index (χ1v) is 9.25. The van der Waals surface area contributed by atoms with Gasteiger partial charge in [0.05, 0.1) is 0 Å². The van der Waals surface area contributed by atoms with Crippen LogP contribution in [-0.4, -0.2) is 11.6 Å². The molecule has 0 unspecified atom stereocenters. The van der Waals surface area contributed by atoms with Crippen molar-refractivity contribution in [1.82, 2.24) is 0 Å². The van der Waals surface area contributed by atoms with Gasteiger partial charge in [-0.05, 0) is 55.2 Å². The minimum atomic E-state index is -0.402. The van der Waals surface area contributed by atoms with E-state index in [1.807, 2.05) is 51.1 Å². The van der Waals surface area contributed by atoms with Crippen molar-refractivity contribution in [2.24, 2.45) is 17.3 Å². The van der Waals surface area contributed by atoms with E-state index in [4.69, 9.17) is 4.74 Å². The van der Waals surface area contributed by atoms with Gasteiger partial charge in [-0.15, -0.1) is 0 Å². The first-order chi connectivity index (χ1) is 12.3. The van der Waals surface area contributed by atoms with Gasteiger partial charge in [0, 0.05) is 23.3 Å². The average molecular weight is 350 g/mol. The molecule has 3 heteroatoms. The van der Waals surface area contributed by atoms with Gasteiger partial charge in [-0.1, -0.05) is 39.0 Å². The maximum atomic E-state index is 12.7. The molecule has 136 valence electrons. The van der Waals surface area contributed by atoms with Crippen LogP contribution in [0, 0.1) is 17.3 Å². The lowest BCUT2D eigenvalue weighted by atomic mass is 9.78. The molecule has 2 aromatic carbocycles. The van der Waals surface area contributed by atoms with Crippen molar-refractivity contribution in [2.45, 2.75) is 40.0 Å². The van der Waals surface area contributed by atoms with Crippen LogP contribution in [-0.2, 0) is 4.79 Å². The third kappa shape index (κ3) is 4.60. The summed E-state index contributed by atoms with van der Waals surface area (Å²) in [6.45, 7) is 5.81. The second-order valence-electron chi connectivity index (χ2n) is 8.12.